The molecule has 4 rings (SSSR count). The fourth-order valence-corrected chi connectivity index (χ4v) is 3.95. The molecule has 0 amide bonds. The lowest BCUT2D eigenvalue weighted by Crippen LogP contribution is -1.98. The molecule has 0 aromatic heterocycles. The van der Waals surface area contributed by atoms with E-state index < -0.39 is 0 Å². The first-order valence-electron chi connectivity index (χ1n) is 11.4. The Labute approximate surface area is 205 Å². The molecule has 0 aliphatic rings. The Morgan fingerprint density at radius 1 is 0.829 bits per heavy atom. The van der Waals surface area contributed by atoms with Gasteiger partial charge in [0.15, 0.2) is 0 Å². The number of hydrogen-bond acceptors (Lipinski definition) is 5. The van der Waals surface area contributed by atoms with E-state index in [1.807, 2.05) is 66.7 Å². The van der Waals surface area contributed by atoms with Crippen molar-refractivity contribution in [2.45, 2.75) is 13.8 Å². The van der Waals surface area contributed by atoms with Crippen molar-refractivity contribution >= 4 is 22.8 Å². The molecule has 0 N–H and O–H groups in total. The second-order valence-electron chi connectivity index (χ2n) is 7.97. The standard InChI is InChI=1S/C30H28O5/c1-5-34-28(31)17-8-21-6-12-25(13-7-21)35-30-27-19-26(33-4)16-11-23(27)18-20(2)29(30)22-9-14-24(32-3)15-10-22/h6-19H,5H2,1-4H3. The van der Waals surface area contributed by atoms with Crippen LogP contribution in [-0.2, 0) is 9.53 Å². The summed E-state index contributed by atoms with van der Waals surface area (Å²) in [6, 6.07) is 23.7. The Hall–Kier alpha value is -4.25. The summed E-state index contributed by atoms with van der Waals surface area (Å²) in [5, 5.41) is 2.01. The van der Waals surface area contributed by atoms with Crippen LogP contribution in [0.5, 0.6) is 23.0 Å². The molecule has 0 saturated carbocycles. The summed E-state index contributed by atoms with van der Waals surface area (Å²) >= 11 is 0. The van der Waals surface area contributed by atoms with E-state index in [1.54, 1.807) is 27.2 Å². The molecule has 0 aliphatic carbocycles. The molecule has 0 fully saturated rings. The third kappa shape index (κ3) is 5.46. The number of hydrogen-bond donors (Lipinski definition) is 0. The van der Waals surface area contributed by atoms with Gasteiger partial charge in [-0.2, -0.15) is 0 Å². The van der Waals surface area contributed by atoms with Gasteiger partial charge in [0, 0.05) is 17.0 Å². The van der Waals surface area contributed by atoms with Crippen molar-refractivity contribution in [3.63, 3.8) is 0 Å². The molecule has 4 aromatic carbocycles. The summed E-state index contributed by atoms with van der Waals surface area (Å²) in [7, 11) is 3.31. The zero-order chi connectivity index (χ0) is 24.8. The smallest absolute Gasteiger partial charge is 0.330 e. The molecule has 0 saturated heterocycles. The van der Waals surface area contributed by atoms with E-state index in [0.717, 1.165) is 50.3 Å². The van der Waals surface area contributed by atoms with Gasteiger partial charge in [0.2, 0.25) is 0 Å². The fraction of sp³-hybridized carbons (Fsp3) is 0.167. The molecule has 35 heavy (non-hydrogen) atoms. The number of fused-ring (bicyclic) bond motifs is 1. The highest BCUT2D eigenvalue weighted by Gasteiger charge is 2.17. The van der Waals surface area contributed by atoms with Gasteiger partial charge in [-0.3, -0.25) is 0 Å². The minimum atomic E-state index is -0.364. The van der Waals surface area contributed by atoms with Crippen molar-refractivity contribution in [3.05, 3.63) is 90.0 Å². The maximum absolute atomic E-state index is 11.6. The Morgan fingerprint density at radius 2 is 1.49 bits per heavy atom. The highest BCUT2D eigenvalue weighted by Crippen LogP contribution is 2.43. The summed E-state index contributed by atoms with van der Waals surface area (Å²) < 4.78 is 22.3. The van der Waals surface area contributed by atoms with Gasteiger partial charge in [0.05, 0.1) is 20.8 Å². The van der Waals surface area contributed by atoms with Gasteiger partial charge < -0.3 is 18.9 Å². The third-order valence-electron chi connectivity index (χ3n) is 5.68. The van der Waals surface area contributed by atoms with Gasteiger partial charge in [0.1, 0.15) is 23.0 Å². The summed E-state index contributed by atoms with van der Waals surface area (Å²) in [6.07, 6.45) is 3.14. The number of rotatable bonds is 8. The first-order chi connectivity index (χ1) is 17.0. The lowest BCUT2D eigenvalue weighted by atomic mass is 9.94. The quantitative estimate of drug-likeness (QED) is 0.202. The predicted molar refractivity (Wildman–Crippen MR) is 139 cm³/mol. The van der Waals surface area contributed by atoms with Crippen LogP contribution in [0.1, 0.15) is 18.1 Å². The van der Waals surface area contributed by atoms with Crippen molar-refractivity contribution in [2.24, 2.45) is 0 Å². The van der Waals surface area contributed by atoms with Crippen molar-refractivity contribution in [1.82, 2.24) is 0 Å². The summed E-state index contributed by atoms with van der Waals surface area (Å²) in [5.41, 5.74) is 3.99. The minimum Gasteiger partial charge on any atom is -0.497 e. The number of carbonyl (C=O) groups excluding carboxylic acids is 1. The van der Waals surface area contributed by atoms with Gasteiger partial charge in [-0.25, -0.2) is 4.79 Å². The predicted octanol–water partition coefficient (Wildman–Crippen LogP) is 7.20. The molecule has 0 atom stereocenters. The highest BCUT2D eigenvalue weighted by molar-refractivity contribution is 5.98. The molecule has 0 bridgehead atoms. The third-order valence-corrected chi connectivity index (χ3v) is 5.68. The number of carbonyl (C=O) groups is 1. The molecule has 0 radical (unpaired) electrons. The molecular formula is C30H28O5. The molecular weight excluding hydrogens is 440 g/mol. The maximum atomic E-state index is 11.6. The number of benzene rings is 4. The van der Waals surface area contributed by atoms with Gasteiger partial charge in [-0.15, -0.1) is 0 Å². The van der Waals surface area contributed by atoms with Gasteiger partial charge >= 0.3 is 5.97 Å². The van der Waals surface area contributed by atoms with Crippen LogP contribution in [0.25, 0.3) is 28.0 Å². The Morgan fingerprint density at radius 3 is 2.14 bits per heavy atom. The summed E-state index contributed by atoms with van der Waals surface area (Å²) in [6.45, 7) is 4.21. The summed E-state index contributed by atoms with van der Waals surface area (Å²) in [4.78, 5) is 11.6. The Kier molecular flexibility index (Phi) is 7.36. The largest absolute Gasteiger partial charge is 0.497 e. The van der Waals surface area contributed by atoms with Gasteiger partial charge in [-0.1, -0.05) is 36.4 Å². The molecule has 0 unspecified atom stereocenters. The van der Waals surface area contributed by atoms with E-state index in [9.17, 15) is 4.79 Å². The zero-order valence-electron chi connectivity index (χ0n) is 20.3. The molecule has 178 valence electrons. The topological polar surface area (TPSA) is 54.0 Å². The van der Waals surface area contributed by atoms with Gasteiger partial charge in [0.25, 0.3) is 0 Å². The van der Waals surface area contributed by atoms with E-state index in [2.05, 4.69) is 13.0 Å². The van der Waals surface area contributed by atoms with Crippen molar-refractivity contribution in [2.75, 3.05) is 20.8 Å². The number of aryl methyl sites for hydroxylation is 1. The number of ether oxygens (including phenoxy) is 4. The fourth-order valence-electron chi connectivity index (χ4n) is 3.95. The Balaban J connectivity index is 1.77. The van der Waals surface area contributed by atoms with E-state index in [1.165, 1.54) is 6.08 Å². The molecule has 0 aliphatic heterocycles. The van der Waals surface area contributed by atoms with E-state index in [4.69, 9.17) is 18.9 Å². The molecule has 5 heteroatoms. The maximum Gasteiger partial charge on any atom is 0.330 e. The second kappa shape index (κ2) is 10.8. The second-order valence-corrected chi connectivity index (χ2v) is 7.97. The van der Waals surface area contributed by atoms with Crippen LogP contribution in [-0.4, -0.2) is 26.8 Å². The van der Waals surface area contributed by atoms with Crippen LogP contribution in [0.15, 0.2) is 78.9 Å². The number of esters is 1. The van der Waals surface area contributed by atoms with Crippen molar-refractivity contribution in [3.8, 4) is 34.1 Å². The van der Waals surface area contributed by atoms with Gasteiger partial charge in [-0.05, 0) is 78.4 Å². The molecule has 5 nitrogen and oxygen atoms in total. The van der Waals surface area contributed by atoms with E-state index in [-0.39, 0.29) is 5.97 Å². The zero-order valence-corrected chi connectivity index (χ0v) is 20.3. The highest BCUT2D eigenvalue weighted by atomic mass is 16.5. The minimum absolute atomic E-state index is 0.349. The van der Waals surface area contributed by atoms with E-state index in [0.29, 0.717) is 12.4 Å². The lowest BCUT2D eigenvalue weighted by molar-refractivity contribution is -0.137. The monoisotopic (exact) mass is 468 g/mol. The number of methoxy groups -OCH3 is 2. The Bertz CT molecular complexity index is 1350. The normalized spacial score (nSPS) is 11.0. The molecule has 0 heterocycles. The molecule has 0 spiro atoms. The van der Waals surface area contributed by atoms with Crippen LogP contribution in [0.3, 0.4) is 0 Å². The lowest BCUT2D eigenvalue weighted by Gasteiger charge is -2.18. The van der Waals surface area contributed by atoms with Crippen LogP contribution in [0.4, 0.5) is 0 Å². The van der Waals surface area contributed by atoms with Crippen LogP contribution in [0.2, 0.25) is 0 Å². The van der Waals surface area contributed by atoms with Crippen LogP contribution < -0.4 is 14.2 Å². The average Bonchev–Trinajstić information content (AvgIpc) is 2.88. The SMILES string of the molecule is CCOC(=O)C=Cc1ccc(Oc2c(-c3ccc(OC)cc3)c(C)cc3ccc(OC)cc23)cc1. The first kappa shape index (κ1) is 23.9. The first-order valence-corrected chi connectivity index (χ1v) is 11.4. The van der Waals surface area contributed by atoms with Crippen LogP contribution in [0, 0.1) is 6.92 Å². The molecule has 4 aromatic rings. The summed E-state index contributed by atoms with van der Waals surface area (Å²) in [5.74, 6) is 2.62. The van der Waals surface area contributed by atoms with Crippen LogP contribution >= 0.6 is 0 Å². The average molecular weight is 469 g/mol. The van der Waals surface area contributed by atoms with Crippen molar-refractivity contribution < 1.29 is 23.7 Å². The van der Waals surface area contributed by atoms with E-state index >= 15 is 0 Å². The van der Waals surface area contributed by atoms with Crippen molar-refractivity contribution in [1.29, 1.82) is 0 Å².